The summed E-state index contributed by atoms with van der Waals surface area (Å²) in [5.41, 5.74) is 1.12. The van der Waals surface area contributed by atoms with E-state index in [-0.39, 0.29) is 5.91 Å². The largest absolute Gasteiger partial charge is 0.449 e. The molecule has 0 saturated heterocycles. The van der Waals surface area contributed by atoms with E-state index in [0.717, 1.165) is 0 Å². The predicted molar refractivity (Wildman–Crippen MR) is 68.3 cm³/mol. The van der Waals surface area contributed by atoms with Crippen molar-refractivity contribution >= 4 is 11.6 Å². The van der Waals surface area contributed by atoms with Crippen molar-refractivity contribution in [1.29, 1.82) is 0 Å². The Hall–Kier alpha value is -2.50. The number of benzene rings is 1. The Balaban J connectivity index is 1.79. The third-order valence-electron chi connectivity index (χ3n) is 2.67. The number of hydrogen-bond acceptors (Lipinski definition) is 4. The summed E-state index contributed by atoms with van der Waals surface area (Å²) in [4.78, 5) is 11.9. The van der Waals surface area contributed by atoms with Gasteiger partial charge in [0.15, 0.2) is 11.5 Å². The Labute approximate surface area is 109 Å². The molecule has 1 aliphatic rings. The molecule has 2 aromatic rings. The zero-order valence-electron chi connectivity index (χ0n) is 10.6. The van der Waals surface area contributed by atoms with Crippen molar-refractivity contribution in [3.05, 3.63) is 36.2 Å². The summed E-state index contributed by atoms with van der Waals surface area (Å²) < 4.78 is 11.2. The third kappa shape index (κ3) is 2.24. The normalized spacial score (nSPS) is 15.3. The maximum absolute atomic E-state index is 11.9. The van der Waals surface area contributed by atoms with Gasteiger partial charge in [-0.1, -0.05) is 0 Å². The van der Waals surface area contributed by atoms with Gasteiger partial charge in [0.1, 0.15) is 0 Å². The van der Waals surface area contributed by atoms with Crippen LogP contribution in [0.5, 0.6) is 11.5 Å². The van der Waals surface area contributed by atoms with Gasteiger partial charge in [0, 0.05) is 31.8 Å². The topological polar surface area (TPSA) is 76.2 Å². The fourth-order valence-electron chi connectivity index (χ4n) is 1.88. The zero-order chi connectivity index (χ0) is 13.5. The number of H-pyrrole nitrogens is 1. The Morgan fingerprint density at radius 1 is 1.32 bits per heavy atom. The molecule has 0 aliphatic carbocycles. The Morgan fingerprint density at radius 2 is 2.11 bits per heavy atom. The number of aromatic nitrogens is 2. The first-order valence-electron chi connectivity index (χ1n) is 5.86. The number of nitrogens with one attached hydrogen (secondary N) is 2. The molecule has 0 bridgehead atoms. The van der Waals surface area contributed by atoms with E-state index < -0.39 is 5.79 Å². The Kier molecular flexibility index (Phi) is 2.45. The number of carbonyl (C=O) groups excluding carboxylic acids is 1. The van der Waals surface area contributed by atoms with Gasteiger partial charge in [0.2, 0.25) is 5.79 Å². The second-order valence-corrected chi connectivity index (χ2v) is 4.71. The summed E-state index contributed by atoms with van der Waals surface area (Å²) in [6, 6.07) is 5.28. The maximum atomic E-state index is 11.9. The van der Waals surface area contributed by atoms with Crippen LogP contribution in [0.1, 0.15) is 24.2 Å². The highest BCUT2D eigenvalue weighted by Crippen LogP contribution is 2.40. The first-order chi connectivity index (χ1) is 9.03. The molecule has 1 aliphatic heterocycles. The van der Waals surface area contributed by atoms with Crippen LogP contribution in [-0.4, -0.2) is 21.9 Å². The van der Waals surface area contributed by atoms with E-state index in [2.05, 4.69) is 15.5 Å². The van der Waals surface area contributed by atoms with Crippen molar-refractivity contribution < 1.29 is 14.3 Å². The Morgan fingerprint density at radius 3 is 2.84 bits per heavy atom. The average Bonchev–Trinajstić information content (AvgIpc) is 2.93. The van der Waals surface area contributed by atoms with E-state index in [4.69, 9.17) is 9.47 Å². The lowest BCUT2D eigenvalue weighted by molar-refractivity contribution is -0.0431. The number of hydrogen-bond donors (Lipinski definition) is 2. The van der Waals surface area contributed by atoms with Gasteiger partial charge in [-0.3, -0.25) is 9.89 Å². The van der Waals surface area contributed by atoms with Crippen LogP contribution in [-0.2, 0) is 0 Å². The molecule has 0 atom stereocenters. The molecule has 1 aromatic heterocycles. The monoisotopic (exact) mass is 259 g/mol. The molecule has 0 saturated carbocycles. The molecule has 0 radical (unpaired) electrons. The van der Waals surface area contributed by atoms with Crippen LogP contribution in [0.3, 0.4) is 0 Å². The summed E-state index contributed by atoms with van der Waals surface area (Å²) in [7, 11) is 0. The van der Waals surface area contributed by atoms with Crippen molar-refractivity contribution in [3.63, 3.8) is 0 Å². The molecule has 6 heteroatoms. The minimum Gasteiger partial charge on any atom is -0.449 e. The summed E-state index contributed by atoms with van der Waals surface area (Å²) in [5, 5.41) is 9.09. The van der Waals surface area contributed by atoms with Gasteiger partial charge in [-0.25, -0.2) is 0 Å². The number of nitrogens with zero attached hydrogens (tertiary/aromatic N) is 1. The van der Waals surface area contributed by atoms with Crippen molar-refractivity contribution in [2.75, 3.05) is 5.32 Å². The van der Waals surface area contributed by atoms with Crippen LogP contribution in [0.4, 0.5) is 5.69 Å². The smallest absolute Gasteiger partial charge is 0.258 e. The zero-order valence-corrected chi connectivity index (χ0v) is 10.6. The molecule has 19 heavy (non-hydrogen) atoms. The average molecular weight is 259 g/mol. The van der Waals surface area contributed by atoms with Crippen LogP contribution in [0, 0.1) is 0 Å². The second kappa shape index (κ2) is 4.01. The number of fused-ring (bicyclic) bond motifs is 1. The first-order valence-corrected chi connectivity index (χ1v) is 5.86. The van der Waals surface area contributed by atoms with Crippen molar-refractivity contribution in [2.24, 2.45) is 0 Å². The molecule has 0 spiro atoms. The molecule has 0 fully saturated rings. The number of carbonyl (C=O) groups is 1. The third-order valence-corrected chi connectivity index (χ3v) is 2.67. The fraction of sp³-hybridized carbons (Fsp3) is 0.231. The van der Waals surface area contributed by atoms with E-state index in [1.807, 2.05) is 13.8 Å². The van der Waals surface area contributed by atoms with Crippen molar-refractivity contribution in [1.82, 2.24) is 10.2 Å². The van der Waals surface area contributed by atoms with Crippen LogP contribution < -0.4 is 14.8 Å². The van der Waals surface area contributed by atoms with Crippen LogP contribution in [0.2, 0.25) is 0 Å². The number of amides is 1. The molecule has 2 heterocycles. The van der Waals surface area contributed by atoms with E-state index in [1.165, 1.54) is 12.4 Å². The quantitative estimate of drug-likeness (QED) is 0.866. The van der Waals surface area contributed by atoms with Crippen LogP contribution >= 0.6 is 0 Å². The SMILES string of the molecule is CC1(C)Oc2ccc(NC(=O)c3cn[nH]c3)cc2O1. The summed E-state index contributed by atoms with van der Waals surface area (Å²) in [5.74, 6) is 0.392. The summed E-state index contributed by atoms with van der Waals surface area (Å²) in [6.45, 7) is 3.66. The van der Waals surface area contributed by atoms with Crippen molar-refractivity contribution in [2.45, 2.75) is 19.6 Å². The molecule has 1 aromatic carbocycles. The molecule has 0 unspecified atom stereocenters. The van der Waals surface area contributed by atoms with E-state index >= 15 is 0 Å². The number of anilines is 1. The minimum absolute atomic E-state index is 0.230. The first kappa shape index (κ1) is 11.6. The van der Waals surface area contributed by atoms with Gasteiger partial charge in [-0.15, -0.1) is 0 Å². The van der Waals surface area contributed by atoms with Crippen LogP contribution in [0.15, 0.2) is 30.6 Å². The molecule has 3 rings (SSSR count). The molecule has 6 nitrogen and oxygen atoms in total. The summed E-state index contributed by atoms with van der Waals surface area (Å²) >= 11 is 0. The number of aromatic amines is 1. The van der Waals surface area contributed by atoms with Gasteiger partial charge >= 0.3 is 0 Å². The molecule has 98 valence electrons. The van der Waals surface area contributed by atoms with E-state index in [9.17, 15) is 4.79 Å². The van der Waals surface area contributed by atoms with Gasteiger partial charge in [-0.2, -0.15) is 5.10 Å². The fourth-order valence-corrected chi connectivity index (χ4v) is 1.88. The highest BCUT2D eigenvalue weighted by Gasteiger charge is 2.31. The lowest BCUT2D eigenvalue weighted by atomic mass is 10.2. The Bertz CT molecular complexity index is 620. The van der Waals surface area contributed by atoms with Gasteiger partial charge in [0.25, 0.3) is 5.91 Å². The lowest BCUT2D eigenvalue weighted by Crippen LogP contribution is -2.29. The standard InChI is InChI=1S/C13H13N3O3/c1-13(2)18-10-4-3-9(5-11(10)19-13)16-12(17)8-6-14-15-7-8/h3-7H,1-2H3,(H,14,15)(H,16,17). The predicted octanol–water partition coefficient (Wildman–Crippen LogP) is 2.17. The minimum atomic E-state index is -0.671. The van der Waals surface area contributed by atoms with Gasteiger partial charge < -0.3 is 14.8 Å². The van der Waals surface area contributed by atoms with Crippen molar-refractivity contribution in [3.8, 4) is 11.5 Å². The number of rotatable bonds is 2. The second-order valence-electron chi connectivity index (χ2n) is 4.71. The highest BCUT2D eigenvalue weighted by atomic mass is 16.7. The van der Waals surface area contributed by atoms with Gasteiger partial charge in [-0.05, 0) is 12.1 Å². The molecular formula is C13H13N3O3. The summed E-state index contributed by atoms with van der Waals surface area (Å²) in [6.07, 6.45) is 3.00. The van der Waals surface area contributed by atoms with E-state index in [1.54, 1.807) is 18.2 Å². The van der Waals surface area contributed by atoms with E-state index in [0.29, 0.717) is 22.7 Å². The molecule has 1 amide bonds. The lowest BCUT2D eigenvalue weighted by Gasteiger charge is -2.16. The molecular weight excluding hydrogens is 246 g/mol. The number of ether oxygens (including phenoxy) is 2. The molecule has 2 N–H and O–H groups in total. The van der Waals surface area contributed by atoms with Crippen LogP contribution in [0.25, 0.3) is 0 Å². The maximum Gasteiger partial charge on any atom is 0.258 e. The highest BCUT2D eigenvalue weighted by molar-refractivity contribution is 6.04. The van der Waals surface area contributed by atoms with Gasteiger partial charge in [0.05, 0.1) is 11.8 Å².